The lowest BCUT2D eigenvalue weighted by Gasteiger charge is -2.08. The van der Waals surface area contributed by atoms with Crippen LogP contribution in [0.15, 0.2) is 53.6 Å². The van der Waals surface area contributed by atoms with Crippen LogP contribution in [0.4, 0.5) is 0 Å². The van der Waals surface area contributed by atoms with Crippen LogP contribution >= 0.6 is 0 Å². The number of ether oxygens (including phenoxy) is 1. The van der Waals surface area contributed by atoms with Gasteiger partial charge in [0.15, 0.2) is 0 Å². The van der Waals surface area contributed by atoms with E-state index in [0.29, 0.717) is 11.5 Å². The quantitative estimate of drug-likeness (QED) is 0.549. The van der Waals surface area contributed by atoms with E-state index in [1.807, 2.05) is 55.5 Å². The molecule has 0 spiro atoms. The van der Waals surface area contributed by atoms with Crippen molar-refractivity contribution in [1.82, 2.24) is 10.4 Å². The number of nitrogens with zero attached hydrogens (tertiary/aromatic N) is 2. The third-order valence-electron chi connectivity index (χ3n) is 4.77. The molecule has 1 N–H and O–H groups in total. The zero-order valence-electron chi connectivity index (χ0n) is 15.4. The van der Waals surface area contributed by atoms with Crippen molar-refractivity contribution in [2.45, 2.75) is 25.7 Å². The topological polar surface area (TPSA) is 63.6 Å². The maximum Gasteiger partial charge on any atom is 0.272 e. The lowest BCUT2D eigenvalue weighted by atomic mass is 10.1. The standard InChI is InChI=1S/C22H21N3O2/c1-14-11-15(7-10-21(14)27-2)13-23-25-22(26)18-12-20(16-8-9-16)24-19-6-4-3-5-17(18)19/h3-7,10-13,16H,8-9H2,1-2H3,(H,25,26). The molecule has 1 saturated carbocycles. The maximum atomic E-state index is 12.7. The molecule has 1 heterocycles. The number of pyridine rings is 1. The monoisotopic (exact) mass is 359 g/mol. The number of amides is 1. The molecule has 1 aromatic heterocycles. The van der Waals surface area contributed by atoms with Crippen LogP contribution in [0.5, 0.6) is 5.75 Å². The second kappa shape index (κ2) is 7.19. The summed E-state index contributed by atoms with van der Waals surface area (Å²) in [6, 6.07) is 15.4. The first-order chi connectivity index (χ1) is 13.2. The Labute approximate surface area is 158 Å². The molecule has 1 aliphatic rings. The van der Waals surface area contributed by atoms with Gasteiger partial charge in [-0.3, -0.25) is 9.78 Å². The fourth-order valence-electron chi connectivity index (χ4n) is 3.18. The van der Waals surface area contributed by atoms with Crippen LogP contribution < -0.4 is 10.2 Å². The molecule has 1 fully saturated rings. The molecule has 2 aromatic carbocycles. The van der Waals surface area contributed by atoms with Crippen molar-refractivity contribution < 1.29 is 9.53 Å². The number of carbonyl (C=O) groups excluding carboxylic acids is 1. The molecule has 0 aliphatic heterocycles. The van der Waals surface area contributed by atoms with Gasteiger partial charge in [-0.15, -0.1) is 0 Å². The van der Waals surface area contributed by atoms with Crippen LogP contribution in [0.1, 0.15) is 45.9 Å². The van der Waals surface area contributed by atoms with Crippen molar-refractivity contribution in [2.24, 2.45) is 5.10 Å². The van der Waals surface area contributed by atoms with Gasteiger partial charge in [0.2, 0.25) is 0 Å². The van der Waals surface area contributed by atoms with Gasteiger partial charge in [-0.05, 0) is 61.2 Å². The van der Waals surface area contributed by atoms with Gasteiger partial charge in [-0.25, -0.2) is 5.43 Å². The number of fused-ring (bicyclic) bond motifs is 1. The summed E-state index contributed by atoms with van der Waals surface area (Å²) in [6.07, 6.45) is 3.91. The highest BCUT2D eigenvalue weighted by Crippen LogP contribution is 2.40. The van der Waals surface area contributed by atoms with Crippen molar-refractivity contribution in [3.8, 4) is 5.75 Å². The van der Waals surface area contributed by atoms with E-state index in [1.165, 1.54) is 0 Å². The van der Waals surface area contributed by atoms with Crippen molar-refractivity contribution in [1.29, 1.82) is 0 Å². The molecule has 0 unspecified atom stereocenters. The van der Waals surface area contributed by atoms with Crippen molar-refractivity contribution in [2.75, 3.05) is 7.11 Å². The number of aryl methyl sites for hydroxylation is 1. The second-order valence-electron chi connectivity index (χ2n) is 6.81. The zero-order valence-corrected chi connectivity index (χ0v) is 15.4. The summed E-state index contributed by atoms with van der Waals surface area (Å²) in [7, 11) is 1.64. The Balaban J connectivity index is 1.57. The predicted octanol–water partition coefficient (Wildman–Crippen LogP) is 4.19. The minimum absolute atomic E-state index is 0.225. The molecule has 4 rings (SSSR count). The summed E-state index contributed by atoms with van der Waals surface area (Å²) >= 11 is 0. The number of carbonyl (C=O) groups is 1. The Morgan fingerprint density at radius 3 is 2.78 bits per heavy atom. The van der Waals surface area contributed by atoms with Crippen LogP contribution in [0.25, 0.3) is 10.9 Å². The molecular formula is C22H21N3O2. The summed E-state index contributed by atoms with van der Waals surface area (Å²) in [4.78, 5) is 17.4. The fraction of sp³-hybridized carbons (Fsp3) is 0.227. The van der Waals surface area contributed by atoms with Gasteiger partial charge in [0, 0.05) is 17.0 Å². The third-order valence-corrected chi connectivity index (χ3v) is 4.77. The van der Waals surface area contributed by atoms with Crippen LogP contribution in [0, 0.1) is 6.92 Å². The van der Waals surface area contributed by atoms with Gasteiger partial charge in [0.05, 0.1) is 24.4 Å². The van der Waals surface area contributed by atoms with Crippen molar-refractivity contribution in [3.63, 3.8) is 0 Å². The Morgan fingerprint density at radius 1 is 1.22 bits per heavy atom. The number of aromatic nitrogens is 1. The van der Waals surface area contributed by atoms with E-state index in [1.54, 1.807) is 13.3 Å². The Kier molecular flexibility index (Phi) is 4.59. The van der Waals surface area contributed by atoms with Gasteiger partial charge in [-0.2, -0.15) is 5.10 Å². The molecule has 0 saturated heterocycles. The highest BCUT2D eigenvalue weighted by Gasteiger charge is 2.26. The zero-order chi connectivity index (χ0) is 18.8. The molecule has 0 atom stereocenters. The summed E-state index contributed by atoms with van der Waals surface area (Å²) in [5.41, 5.74) is 7.02. The number of rotatable bonds is 5. The van der Waals surface area contributed by atoms with E-state index in [4.69, 9.17) is 9.72 Å². The van der Waals surface area contributed by atoms with Crippen molar-refractivity contribution >= 4 is 23.0 Å². The Morgan fingerprint density at radius 2 is 2.04 bits per heavy atom. The largest absolute Gasteiger partial charge is 0.496 e. The van der Waals surface area contributed by atoms with Crippen LogP contribution in [0.2, 0.25) is 0 Å². The molecule has 1 amide bonds. The molecule has 27 heavy (non-hydrogen) atoms. The minimum atomic E-state index is -0.225. The van der Waals surface area contributed by atoms with Gasteiger partial charge in [-0.1, -0.05) is 18.2 Å². The van der Waals surface area contributed by atoms with Crippen LogP contribution in [0.3, 0.4) is 0 Å². The number of hydrogen-bond donors (Lipinski definition) is 1. The van der Waals surface area contributed by atoms with Gasteiger partial charge in [0.25, 0.3) is 5.91 Å². The van der Waals surface area contributed by atoms with Crippen LogP contribution in [-0.4, -0.2) is 24.2 Å². The van der Waals surface area contributed by atoms with Gasteiger partial charge >= 0.3 is 0 Å². The Bertz CT molecular complexity index is 1040. The number of nitrogens with one attached hydrogen (secondary N) is 1. The molecule has 0 bridgehead atoms. The van der Waals surface area contributed by atoms with E-state index >= 15 is 0 Å². The van der Waals surface area contributed by atoms with E-state index in [2.05, 4.69) is 10.5 Å². The molecular weight excluding hydrogens is 338 g/mol. The smallest absolute Gasteiger partial charge is 0.272 e. The molecule has 5 nitrogen and oxygen atoms in total. The van der Waals surface area contributed by atoms with Gasteiger partial charge in [0.1, 0.15) is 5.75 Å². The number of para-hydroxylation sites is 1. The number of hydrogen-bond acceptors (Lipinski definition) is 4. The Hall–Kier alpha value is -3.21. The second-order valence-corrected chi connectivity index (χ2v) is 6.81. The lowest BCUT2D eigenvalue weighted by molar-refractivity contribution is 0.0956. The molecule has 0 radical (unpaired) electrons. The predicted molar refractivity (Wildman–Crippen MR) is 107 cm³/mol. The average molecular weight is 359 g/mol. The van der Waals surface area contributed by atoms with Gasteiger partial charge < -0.3 is 4.74 Å². The highest BCUT2D eigenvalue weighted by molar-refractivity contribution is 6.06. The summed E-state index contributed by atoms with van der Waals surface area (Å²) < 4.78 is 5.26. The lowest BCUT2D eigenvalue weighted by Crippen LogP contribution is -2.18. The SMILES string of the molecule is COc1ccc(C=NNC(=O)c2cc(C3CC3)nc3ccccc23)cc1C. The first kappa shape index (κ1) is 17.2. The molecule has 3 aromatic rings. The van der Waals surface area contributed by atoms with E-state index in [9.17, 15) is 4.79 Å². The van der Waals surface area contributed by atoms with Crippen LogP contribution in [-0.2, 0) is 0 Å². The summed E-state index contributed by atoms with van der Waals surface area (Å²) in [5.74, 6) is 1.08. The number of methoxy groups -OCH3 is 1. The number of hydrazone groups is 1. The third kappa shape index (κ3) is 3.67. The fourth-order valence-corrected chi connectivity index (χ4v) is 3.18. The first-order valence-corrected chi connectivity index (χ1v) is 9.03. The highest BCUT2D eigenvalue weighted by atomic mass is 16.5. The summed E-state index contributed by atoms with van der Waals surface area (Å²) in [5, 5.41) is 4.97. The normalized spacial score (nSPS) is 13.9. The van der Waals surface area contributed by atoms with E-state index in [0.717, 1.165) is 46.3 Å². The average Bonchev–Trinajstić information content (AvgIpc) is 3.52. The van der Waals surface area contributed by atoms with E-state index < -0.39 is 0 Å². The number of benzene rings is 2. The summed E-state index contributed by atoms with van der Waals surface area (Å²) in [6.45, 7) is 1.97. The molecule has 136 valence electrons. The molecule has 1 aliphatic carbocycles. The molecule has 5 heteroatoms. The van der Waals surface area contributed by atoms with E-state index in [-0.39, 0.29) is 5.91 Å². The maximum absolute atomic E-state index is 12.7. The first-order valence-electron chi connectivity index (χ1n) is 9.03. The van der Waals surface area contributed by atoms with Crippen molar-refractivity contribution in [3.05, 3.63) is 70.9 Å². The minimum Gasteiger partial charge on any atom is -0.496 e.